The van der Waals surface area contributed by atoms with Crippen molar-refractivity contribution in [2.45, 2.75) is 58.7 Å². The van der Waals surface area contributed by atoms with Gasteiger partial charge in [-0.05, 0) is 65.8 Å². The van der Waals surface area contributed by atoms with Crippen molar-refractivity contribution in [2.75, 3.05) is 52.8 Å². The fourth-order valence-corrected chi connectivity index (χ4v) is 7.42. The number of carbonyl (C=O) groups excluding carboxylic acids is 2. The molecule has 1 saturated heterocycles. The third-order valence-corrected chi connectivity index (χ3v) is 10.4. The van der Waals surface area contributed by atoms with Gasteiger partial charge in [0.15, 0.2) is 11.5 Å². The maximum absolute atomic E-state index is 14.2. The van der Waals surface area contributed by atoms with Crippen LogP contribution in [0.5, 0.6) is 17.2 Å². The molecule has 1 aliphatic heterocycles. The Balaban J connectivity index is 1.28. The number of para-hydroxylation sites is 1. The lowest BCUT2D eigenvalue weighted by molar-refractivity contribution is -0.135. The van der Waals surface area contributed by atoms with E-state index in [1.807, 2.05) is 49.1 Å². The third kappa shape index (κ3) is 7.71. The van der Waals surface area contributed by atoms with Gasteiger partial charge in [-0.3, -0.25) is 24.1 Å². The van der Waals surface area contributed by atoms with Crippen molar-refractivity contribution in [3.8, 4) is 28.4 Å². The Morgan fingerprint density at radius 3 is 2.40 bits per heavy atom. The number of hydrogen-bond donors (Lipinski definition) is 3. The molecule has 53 heavy (non-hydrogen) atoms. The Morgan fingerprint density at radius 1 is 0.981 bits per heavy atom. The standard InChI is InChI=1S/C40H48N6O7/c1-7-23(2)36(40(50)46-18-16-45(17-19-46)22-34-42-29-11-9-8-10-27(29)39(49)44-34)43-31-15-13-26-28(21-32(31)48)30(41-24(3)47)14-12-25-20-33(51-4)37(52-5)38(53-6)35(25)26/h8-11,13,15,20-21,23,30,36H,7,12,14,16-19,22H2,1-6H3,(H,41,47)(H,43,48)(H,42,44,49)/t23-,30-,36-/m0/s1. The summed E-state index contributed by atoms with van der Waals surface area (Å²) < 4.78 is 17.3. The van der Waals surface area contributed by atoms with E-state index >= 15 is 0 Å². The number of fused-ring (bicyclic) bond motifs is 4. The number of hydrogen-bond acceptors (Lipinski definition) is 10. The fraction of sp³-hybridized carbons (Fsp3) is 0.425. The molecule has 6 rings (SSSR count). The zero-order valence-corrected chi connectivity index (χ0v) is 31.2. The lowest BCUT2D eigenvalue weighted by atomic mass is 9.95. The van der Waals surface area contributed by atoms with Crippen LogP contribution in [0.4, 0.5) is 5.69 Å². The van der Waals surface area contributed by atoms with Gasteiger partial charge in [0.25, 0.3) is 5.56 Å². The van der Waals surface area contributed by atoms with Crippen LogP contribution < -0.4 is 35.8 Å². The minimum Gasteiger partial charge on any atom is -0.493 e. The first-order chi connectivity index (χ1) is 25.6. The minimum atomic E-state index is -0.655. The average molecular weight is 725 g/mol. The zero-order chi connectivity index (χ0) is 37.8. The number of aromatic amines is 1. The van der Waals surface area contributed by atoms with Gasteiger partial charge in [0.2, 0.25) is 23.0 Å². The highest BCUT2D eigenvalue weighted by Crippen LogP contribution is 2.50. The summed E-state index contributed by atoms with van der Waals surface area (Å²) >= 11 is 0. The van der Waals surface area contributed by atoms with Crippen LogP contribution in [0, 0.1) is 5.92 Å². The molecular weight excluding hydrogens is 676 g/mol. The molecule has 1 aromatic heterocycles. The Kier molecular flexibility index (Phi) is 11.3. The number of anilines is 1. The van der Waals surface area contributed by atoms with Gasteiger partial charge in [0.1, 0.15) is 11.9 Å². The van der Waals surface area contributed by atoms with Crippen molar-refractivity contribution < 1.29 is 23.8 Å². The van der Waals surface area contributed by atoms with Gasteiger partial charge in [-0.2, -0.15) is 0 Å². The number of piperazine rings is 1. The number of aromatic nitrogens is 2. The number of nitrogens with one attached hydrogen (secondary N) is 3. The smallest absolute Gasteiger partial charge is 0.258 e. The molecule has 4 aromatic rings. The topological polar surface area (TPSA) is 155 Å². The van der Waals surface area contributed by atoms with Crippen molar-refractivity contribution in [1.29, 1.82) is 0 Å². The summed E-state index contributed by atoms with van der Waals surface area (Å²) in [7, 11) is 4.67. The van der Waals surface area contributed by atoms with Crippen LogP contribution >= 0.6 is 0 Å². The maximum atomic E-state index is 14.2. The second-order valence-corrected chi connectivity index (χ2v) is 13.7. The van der Waals surface area contributed by atoms with E-state index in [1.54, 1.807) is 39.5 Å². The lowest BCUT2D eigenvalue weighted by Gasteiger charge is -2.37. The average Bonchev–Trinajstić information content (AvgIpc) is 3.40. The molecule has 0 spiro atoms. The van der Waals surface area contributed by atoms with Crippen molar-refractivity contribution in [3.05, 3.63) is 86.1 Å². The molecule has 13 nitrogen and oxygen atoms in total. The number of methoxy groups -OCH3 is 3. The second kappa shape index (κ2) is 16.1. The molecule has 280 valence electrons. The summed E-state index contributed by atoms with van der Waals surface area (Å²) in [5.41, 5.74) is 3.51. The third-order valence-electron chi connectivity index (χ3n) is 10.4. The van der Waals surface area contributed by atoms with Crippen LogP contribution in [0.15, 0.2) is 58.1 Å². The SMILES string of the molecule is CC[C@H](C)[C@H](Nc1ccc2c(cc1=O)[C@@H](NC(C)=O)CCc1cc(OC)c(OC)c(OC)c1-2)C(=O)N1CCN(Cc2nc3ccccc3c(=O)[nH]2)CC1. The number of carbonyl (C=O) groups is 2. The summed E-state index contributed by atoms with van der Waals surface area (Å²) in [4.78, 5) is 64.8. The van der Waals surface area contributed by atoms with Crippen LogP contribution in [0.1, 0.15) is 56.6 Å². The van der Waals surface area contributed by atoms with Crippen molar-refractivity contribution in [2.24, 2.45) is 5.92 Å². The van der Waals surface area contributed by atoms with E-state index in [1.165, 1.54) is 6.92 Å². The molecule has 3 N–H and O–H groups in total. The summed E-state index contributed by atoms with van der Waals surface area (Å²) in [6.45, 7) is 8.15. The number of ether oxygens (including phenoxy) is 3. The molecule has 1 fully saturated rings. The molecule has 1 aliphatic carbocycles. The Labute approximate surface area is 308 Å². The van der Waals surface area contributed by atoms with Crippen molar-refractivity contribution in [1.82, 2.24) is 25.1 Å². The van der Waals surface area contributed by atoms with E-state index in [9.17, 15) is 19.2 Å². The van der Waals surface area contributed by atoms with Gasteiger partial charge in [-0.25, -0.2) is 4.98 Å². The Bertz CT molecular complexity index is 2130. The van der Waals surface area contributed by atoms with Crippen molar-refractivity contribution in [3.63, 3.8) is 0 Å². The normalized spacial score (nSPS) is 16.8. The highest BCUT2D eigenvalue weighted by Gasteiger charge is 2.33. The van der Waals surface area contributed by atoms with Crippen LogP contribution in [0.2, 0.25) is 0 Å². The molecule has 0 saturated carbocycles. The van der Waals surface area contributed by atoms with Crippen LogP contribution in [-0.4, -0.2) is 85.1 Å². The maximum Gasteiger partial charge on any atom is 0.258 e. The molecular formula is C40H48N6O7. The summed E-state index contributed by atoms with van der Waals surface area (Å²) in [6, 6.07) is 13.2. The number of benzene rings is 2. The van der Waals surface area contributed by atoms with Gasteiger partial charge >= 0.3 is 0 Å². The molecule has 2 aliphatic rings. The van der Waals surface area contributed by atoms with E-state index < -0.39 is 12.1 Å². The predicted molar refractivity (Wildman–Crippen MR) is 204 cm³/mol. The molecule has 2 amide bonds. The molecule has 0 unspecified atom stereocenters. The number of rotatable bonds is 11. The van der Waals surface area contributed by atoms with Gasteiger partial charge in [-0.1, -0.05) is 38.5 Å². The number of aryl methyl sites for hydroxylation is 1. The van der Waals surface area contributed by atoms with Gasteiger partial charge in [0.05, 0.1) is 50.5 Å². The largest absolute Gasteiger partial charge is 0.493 e. The minimum absolute atomic E-state index is 0.0799. The molecule has 0 bridgehead atoms. The molecule has 2 heterocycles. The van der Waals surface area contributed by atoms with Gasteiger partial charge < -0.3 is 34.7 Å². The predicted octanol–water partition coefficient (Wildman–Crippen LogP) is 4.27. The number of amides is 2. The van der Waals surface area contributed by atoms with E-state index in [2.05, 4.69) is 25.5 Å². The highest BCUT2D eigenvalue weighted by molar-refractivity contribution is 5.86. The van der Waals surface area contributed by atoms with Crippen molar-refractivity contribution >= 4 is 28.4 Å². The van der Waals surface area contributed by atoms with E-state index in [0.29, 0.717) is 97.1 Å². The first kappa shape index (κ1) is 37.3. The summed E-state index contributed by atoms with van der Waals surface area (Å²) in [6.07, 6.45) is 1.84. The lowest BCUT2D eigenvalue weighted by Crippen LogP contribution is -2.54. The monoisotopic (exact) mass is 724 g/mol. The molecule has 13 heteroatoms. The summed E-state index contributed by atoms with van der Waals surface area (Å²) in [5, 5.41) is 6.94. The molecule has 0 radical (unpaired) electrons. The fourth-order valence-electron chi connectivity index (χ4n) is 7.42. The Morgan fingerprint density at radius 2 is 1.72 bits per heavy atom. The first-order valence-electron chi connectivity index (χ1n) is 18.1. The molecule has 3 atom stereocenters. The van der Waals surface area contributed by atoms with Crippen LogP contribution in [0.3, 0.4) is 0 Å². The highest BCUT2D eigenvalue weighted by atomic mass is 16.5. The van der Waals surface area contributed by atoms with E-state index in [0.717, 1.165) is 11.1 Å². The van der Waals surface area contributed by atoms with E-state index in [4.69, 9.17) is 14.2 Å². The van der Waals surface area contributed by atoms with Crippen LogP contribution in [-0.2, 0) is 22.6 Å². The molecule has 3 aromatic carbocycles. The van der Waals surface area contributed by atoms with E-state index in [-0.39, 0.29) is 34.4 Å². The Hall–Kier alpha value is -5.43. The van der Waals surface area contributed by atoms with Gasteiger partial charge in [0, 0.05) is 38.7 Å². The second-order valence-electron chi connectivity index (χ2n) is 13.7. The van der Waals surface area contributed by atoms with Crippen LogP contribution in [0.25, 0.3) is 22.0 Å². The first-order valence-corrected chi connectivity index (χ1v) is 18.1. The quantitative estimate of drug-likeness (QED) is 0.204. The van der Waals surface area contributed by atoms with Gasteiger partial charge in [-0.15, -0.1) is 0 Å². The zero-order valence-electron chi connectivity index (χ0n) is 31.2. The number of H-pyrrole nitrogens is 1. The summed E-state index contributed by atoms with van der Waals surface area (Å²) in [5.74, 6) is 1.62. The number of nitrogens with zero attached hydrogens (tertiary/aromatic N) is 3.